The first-order chi connectivity index (χ1) is 11.6. The summed E-state index contributed by atoms with van der Waals surface area (Å²) in [5.41, 5.74) is 15.3. The lowest BCUT2D eigenvalue weighted by molar-refractivity contribution is 0.569. The van der Waals surface area contributed by atoms with Crippen molar-refractivity contribution in [2.75, 3.05) is 0 Å². The van der Waals surface area contributed by atoms with Crippen LogP contribution in [0.4, 0.5) is 0 Å². The number of carbonyl (C=O) groups excluding carboxylic acids is 1. The molecule has 0 aliphatic carbocycles. The molecule has 132 valence electrons. The first-order valence-electron chi connectivity index (χ1n) is 8.95. The molecule has 0 saturated heterocycles. The summed E-state index contributed by atoms with van der Waals surface area (Å²) in [5.74, 6) is 2.31. The Labute approximate surface area is 152 Å². The van der Waals surface area contributed by atoms with Crippen LogP contribution in [0.15, 0.2) is 0 Å². The molecule has 0 aliphatic rings. The summed E-state index contributed by atoms with van der Waals surface area (Å²) in [5, 5.41) is 0. The molecule has 0 fully saturated rings. The van der Waals surface area contributed by atoms with Crippen molar-refractivity contribution in [1.82, 2.24) is 0 Å². The number of hydrogen-bond donors (Lipinski definition) is 0. The lowest BCUT2D eigenvalue weighted by Gasteiger charge is -2.23. The van der Waals surface area contributed by atoms with E-state index in [0.717, 1.165) is 11.1 Å². The topological polar surface area (TPSA) is 17.1 Å². The maximum Gasteiger partial charge on any atom is 0.133 e. The predicted octanol–water partition coefficient (Wildman–Crippen LogP) is 6.03. The van der Waals surface area contributed by atoms with E-state index in [9.17, 15) is 4.79 Å². The van der Waals surface area contributed by atoms with Crippen LogP contribution in [0.3, 0.4) is 0 Å². The van der Waals surface area contributed by atoms with Gasteiger partial charge < -0.3 is 0 Å². The van der Waals surface area contributed by atoms with E-state index in [1.807, 2.05) is 0 Å². The molecule has 0 bridgehead atoms. The zero-order valence-corrected chi connectivity index (χ0v) is 17.4. The maximum absolute atomic E-state index is 12.2. The molecule has 0 saturated carbocycles. The second-order valence-corrected chi connectivity index (χ2v) is 7.48. The lowest BCUT2D eigenvalue weighted by atomic mass is 9.80. The normalized spacial score (nSPS) is 10.8. The summed E-state index contributed by atoms with van der Waals surface area (Å²) in [4.78, 5) is 12.2. The van der Waals surface area contributed by atoms with Crippen molar-refractivity contribution in [2.24, 2.45) is 0 Å². The highest BCUT2D eigenvalue weighted by molar-refractivity contribution is 6.01. The molecule has 0 N–H and O–H groups in total. The number of hydrogen-bond acceptors (Lipinski definition) is 1. The summed E-state index contributed by atoms with van der Waals surface area (Å²) in [7, 11) is 0. The monoisotopic (exact) mass is 334 g/mol. The van der Waals surface area contributed by atoms with Gasteiger partial charge in [0.2, 0.25) is 0 Å². The Hall–Kier alpha value is -2.11. The van der Waals surface area contributed by atoms with Crippen molar-refractivity contribution in [2.45, 2.75) is 69.2 Å². The molecule has 0 radical (unpaired) electrons. The van der Waals surface area contributed by atoms with Crippen LogP contribution < -0.4 is 0 Å². The molecular weight excluding hydrogens is 304 g/mol. The quantitative estimate of drug-likeness (QED) is 0.612. The molecule has 2 aromatic rings. The van der Waals surface area contributed by atoms with Gasteiger partial charge in [-0.15, -0.1) is 0 Å². The van der Waals surface area contributed by atoms with E-state index in [1.54, 1.807) is 0 Å². The van der Waals surface area contributed by atoms with Crippen LogP contribution in [-0.4, -0.2) is 5.94 Å². The van der Waals surface area contributed by atoms with Gasteiger partial charge in [0, 0.05) is 0 Å². The summed E-state index contributed by atoms with van der Waals surface area (Å²) < 4.78 is 0. The number of benzene rings is 2. The van der Waals surface area contributed by atoms with Gasteiger partial charge in [-0.3, -0.25) is 0 Å². The second-order valence-electron chi connectivity index (χ2n) is 7.48. The van der Waals surface area contributed by atoms with Gasteiger partial charge in [0.15, 0.2) is 0 Å². The molecule has 1 nitrogen and oxygen atoms in total. The molecule has 0 amide bonds. The van der Waals surface area contributed by atoms with Gasteiger partial charge in [0.05, 0.1) is 5.57 Å². The zero-order valence-electron chi connectivity index (χ0n) is 17.4. The van der Waals surface area contributed by atoms with Gasteiger partial charge >= 0.3 is 0 Å². The van der Waals surface area contributed by atoms with E-state index in [0.29, 0.717) is 5.57 Å². The van der Waals surface area contributed by atoms with Gasteiger partial charge in [0.1, 0.15) is 5.94 Å². The third kappa shape index (κ3) is 2.77. The maximum atomic E-state index is 12.2. The highest BCUT2D eigenvalue weighted by Crippen LogP contribution is 2.38. The molecule has 0 spiro atoms. The first kappa shape index (κ1) is 19.2. The summed E-state index contributed by atoms with van der Waals surface area (Å²) in [6.45, 7) is 21.4. The van der Waals surface area contributed by atoms with Crippen LogP contribution in [0.2, 0.25) is 0 Å². The molecule has 25 heavy (non-hydrogen) atoms. The lowest BCUT2D eigenvalue weighted by Crippen LogP contribution is -2.08. The highest BCUT2D eigenvalue weighted by atomic mass is 16.1. The van der Waals surface area contributed by atoms with Gasteiger partial charge in [-0.1, -0.05) is 0 Å². The molecule has 0 aliphatic heterocycles. The van der Waals surface area contributed by atoms with Crippen molar-refractivity contribution < 1.29 is 4.79 Å². The summed E-state index contributed by atoms with van der Waals surface area (Å²) in [6.07, 6.45) is 0. The molecule has 0 unspecified atom stereocenters. The Morgan fingerprint density at radius 3 is 0.840 bits per heavy atom. The van der Waals surface area contributed by atoms with Crippen LogP contribution in [0, 0.1) is 69.2 Å². The van der Waals surface area contributed by atoms with Gasteiger partial charge in [-0.25, -0.2) is 4.79 Å². The third-order valence-electron chi connectivity index (χ3n) is 6.60. The van der Waals surface area contributed by atoms with E-state index in [1.165, 1.54) is 55.6 Å². The van der Waals surface area contributed by atoms with Crippen molar-refractivity contribution >= 4 is 11.5 Å². The van der Waals surface area contributed by atoms with E-state index < -0.39 is 0 Å². The standard InChI is InChI=1S/C24H30O/c1-12-14(3)18(7)23(19(8)15(12)4)22(11-25)24-20(9)16(5)13(2)17(6)21(24)10/h1-10H3. The molecule has 2 rings (SSSR count). The molecular formula is C24H30O. The minimum absolute atomic E-state index is 0.711. The Balaban J connectivity index is 2.98. The van der Waals surface area contributed by atoms with Crippen LogP contribution in [-0.2, 0) is 4.79 Å². The first-order valence-corrected chi connectivity index (χ1v) is 8.95. The number of rotatable bonds is 2. The van der Waals surface area contributed by atoms with E-state index in [4.69, 9.17) is 0 Å². The molecule has 1 heteroatoms. The van der Waals surface area contributed by atoms with Crippen molar-refractivity contribution in [3.8, 4) is 0 Å². The van der Waals surface area contributed by atoms with E-state index in [2.05, 4.69) is 75.2 Å². The Morgan fingerprint density at radius 2 is 0.640 bits per heavy atom. The van der Waals surface area contributed by atoms with E-state index >= 15 is 0 Å². The van der Waals surface area contributed by atoms with Crippen molar-refractivity contribution in [1.29, 1.82) is 0 Å². The Morgan fingerprint density at radius 1 is 0.440 bits per heavy atom. The fourth-order valence-corrected chi connectivity index (χ4v) is 3.98. The SMILES string of the molecule is Cc1c(C)c(C)c(C(=C=O)c2c(C)c(C)c(C)c(C)c2C)c(C)c1C. The largest absolute Gasteiger partial charge is 0.233 e. The van der Waals surface area contributed by atoms with Crippen molar-refractivity contribution in [3.63, 3.8) is 0 Å². The third-order valence-corrected chi connectivity index (χ3v) is 6.60. The van der Waals surface area contributed by atoms with Gasteiger partial charge in [0.25, 0.3) is 0 Å². The van der Waals surface area contributed by atoms with Gasteiger partial charge in [-0.2, -0.15) is 0 Å². The fraction of sp³-hybridized carbons (Fsp3) is 0.417. The predicted molar refractivity (Wildman–Crippen MR) is 108 cm³/mol. The zero-order chi connectivity index (χ0) is 19.2. The second kappa shape index (κ2) is 6.65. The van der Waals surface area contributed by atoms with E-state index in [-0.39, 0.29) is 0 Å². The minimum atomic E-state index is 0.711. The highest BCUT2D eigenvalue weighted by Gasteiger charge is 2.22. The molecule has 0 atom stereocenters. The minimum Gasteiger partial charge on any atom is -0.233 e. The van der Waals surface area contributed by atoms with Crippen molar-refractivity contribution in [3.05, 3.63) is 66.8 Å². The van der Waals surface area contributed by atoms with Crippen LogP contribution in [0.1, 0.15) is 66.8 Å². The average Bonchev–Trinajstić information content (AvgIpc) is 2.60. The summed E-state index contributed by atoms with van der Waals surface area (Å²) in [6, 6.07) is 0. The molecule has 0 aromatic heterocycles. The Bertz CT molecular complexity index is 806. The summed E-state index contributed by atoms with van der Waals surface area (Å²) >= 11 is 0. The Kier molecular flexibility index (Phi) is 5.11. The average molecular weight is 335 g/mol. The van der Waals surface area contributed by atoms with Crippen LogP contribution in [0.5, 0.6) is 0 Å². The van der Waals surface area contributed by atoms with Gasteiger partial charge in [-0.05, 0) is 136 Å². The molecule has 0 heterocycles. The van der Waals surface area contributed by atoms with Crippen LogP contribution in [0.25, 0.3) is 5.57 Å². The fourth-order valence-electron chi connectivity index (χ4n) is 3.98. The smallest absolute Gasteiger partial charge is 0.133 e. The van der Waals surface area contributed by atoms with Crippen LogP contribution >= 0.6 is 0 Å². The molecule has 2 aromatic carbocycles.